The Morgan fingerprint density at radius 2 is 1.77 bits per heavy atom. The Kier molecular flexibility index (Phi) is 10.1. The van der Waals surface area contributed by atoms with Gasteiger partial charge in [0.05, 0.1) is 13.1 Å². The quantitative estimate of drug-likeness (QED) is 0.251. The third kappa shape index (κ3) is 8.15. The number of halogens is 2. The molecule has 3 N–H and O–H groups in total. The SMILES string of the molecule is CN=C(NCCOc1ccccc1)NCC(=O)Nc1ccc(F)cc1.I. The van der Waals surface area contributed by atoms with Crippen molar-refractivity contribution in [2.75, 3.05) is 32.1 Å². The summed E-state index contributed by atoms with van der Waals surface area (Å²) in [5.74, 6) is 0.686. The Morgan fingerprint density at radius 3 is 2.42 bits per heavy atom. The van der Waals surface area contributed by atoms with E-state index < -0.39 is 0 Å². The van der Waals surface area contributed by atoms with Crippen LogP contribution in [0.4, 0.5) is 10.1 Å². The minimum absolute atomic E-state index is 0. The molecule has 0 saturated heterocycles. The molecule has 0 radical (unpaired) electrons. The van der Waals surface area contributed by atoms with Gasteiger partial charge >= 0.3 is 0 Å². The van der Waals surface area contributed by atoms with E-state index in [4.69, 9.17) is 4.74 Å². The van der Waals surface area contributed by atoms with Crippen molar-refractivity contribution in [1.82, 2.24) is 10.6 Å². The van der Waals surface area contributed by atoms with Crippen LogP contribution in [0.5, 0.6) is 5.75 Å². The first kappa shape index (κ1) is 21.7. The number of para-hydroxylation sites is 1. The molecule has 0 atom stereocenters. The van der Waals surface area contributed by atoms with E-state index >= 15 is 0 Å². The maximum absolute atomic E-state index is 12.8. The number of benzene rings is 2. The Morgan fingerprint density at radius 1 is 1.08 bits per heavy atom. The number of aliphatic imine (C=N–C) groups is 1. The van der Waals surface area contributed by atoms with Crippen LogP contribution in [0.3, 0.4) is 0 Å². The lowest BCUT2D eigenvalue weighted by atomic mass is 10.3. The Bertz CT molecular complexity index is 696. The molecular formula is C18H22FIN4O2. The van der Waals surface area contributed by atoms with Crippen molar-refractivity contribution in [3.8, 4) is 5.75 Å². The fourth-order valence-corrected chi connectivity index (χ4v) is 1.98. The molecule has 0 bridgehead atoms. The average Bonchev–Trinajstić information content (AvgIpc) is 2.64. The normalized spacial score (nSPS) is 10.5. The first-order valence-electron chi connectivity index (χ1n) is 7.85. The van der Waals surface area contributed by atoms with E-state index in [0.717, 1.165) is 5.75 Å². The molecule has 0 saturated carbocycles. The van der Waals surface area contributed by atoms with Crippen LogP contribution in [0.1, 0.15) is 0 Å². The molecule has 2 rings (SSSR count). The molecule has 0 aromatic heterocycles. The van der Waals surface area contributed by atoms with E-state index in [0.29, 0.717) is 24.8 Å². The second-order valence-corrected chi connectivity index (χ2v) is 5.07. The molecule has 26 heavy (non-hydrogen) atoms. The number of nitrogens with zero attached hydrogens (tertiary/aromatic N) is 1. The van der Waals surface area contributed by atoms with Gasteiger partial charge in [-0.25, -0.2) is 4.39 Å². The minimum atomic E-state index is -0.349. The average molecular weight is 472 g/mol. The number of rotatable bonds is 7. The van der Waals surface area contributed by atoms with E-state index in [1.165, 1.54) is 24.3 Å². The number of carbonyl (C=O) groups is 1. The van der Waals surface area contributed by atoms with Crippen molar-refractivity contribution >= 4 is 41.5 Å². The number of ether oxygens (including phenoxy) is 1. The third-order valence-electron chi connectivity index (χ3n) is 3.17. The van der Waals surface area contributed by atoms with Crippen LogP contribution in [-0.4, -0.2) is 38.6 Å². The van der Waals surface area contributed by atoms with Gasteiger partial charge in [0.15, 0.2) is 5.96 Å². The Hall–Kier alpha value is -2.36. The molecule has 6 nitrogen and oxygen atoms in total. The van der Waals surface area contributed by atoms with Gasteiger partial charge in [-0.15, -0.1) is 24.0 Å². The van der Waals surface area contributed by atoms with Gasteiger partial charge in [-0.2, -0.15) is 0 Å². The summed E-state index contributed by atoms with van der Waals surface area (Å²) in [6.07, 6.45) is 0. The standard InChI is InChI=1S/C18H21FN4O2.HI/c1-20-18(21-11-12-25-16-5-3-2-4-6-16)22-13-17(24)23-15-9-7-14(19)8-10-15;/h2-10H,11-13H2,1H3,(H,23,24)(H2,20,21,22);1H. The van der Waals surface area contributed by atoms with E-state index in [2.05, 4.69) is 20.9 Å². The van der Waals surface area contributed by atoms with Crippen LogP contribution in [-0.2, 0) is 4.79 Å². The van der Waals surface area contributed by atoms with Gasteiger partial charge in [-0.3, -0.25) is 9.79 Å². The number of amides is 1. The molecule has 0 unspecified atom stereocenters. The predicted molar refractivity (Wildman–Crippen MR) is 112 cm³/mol. The van der Waals surface area contributed by atoms with Crippen molar-refractivity contribution in [3.63, 3.8) is 0 Å². The number of hydrogen-bond acceptors (Lipinski definition) is 3. The second kappa shape index (κ2) is 12.1. The molecule has 0 spiro atoms. The zero-order valence-corrected chi connectivity index (χ0v) is 16.7. The van der Waals surface area contributed by atoms with Crippen molar-refractivity contribution in [3.05, 3.63) is 60.4 Å². The zero-order chi connectivity index (χ0) is 17.9. The fraction of sp³-hybridized carbons (Fsp3) is 0.222. The van der Waals surface area contributed by atoms with Gasteiger partial charge in [-0.05, 0) is 36.4 Å². The molecule has 1 amide bonds. The van der Waals surface area contributed by atoms with E-state index in [9.17, 15) is 9.18 Å². The molecule has 8 heteroatoms. The summed E-state index contributed by atoms with van der Waals surface area (Å²) in [5.41, 5.74) is 0.535. The van der Waals surface area contributed by atoms with Crippen LogP contribution < -0.4 is 20.7 Å². The maximum Gasteiger partial charge on any atom is 0.243 e. The smallest absolute Gasteiger partial charge is 0.243 e. The molecule has 2 aromatic rings. The topological polar surface area (TPSA) is 74.8 Å². The molecule has 140 valence electrons. The maximum atomic E-state index is 12.8. The fourth-order valence-electron chi connectivity index (χ4n) is 1.98. The number of carbonyl (C=O) groups excluding carboxylic acids is 1. The first-order chi connectivity index (χ1) is 12.2. The molecule has 0 heterocycles. The Labute approximate surface area is 169 Å². The largest absolute Gasteiger partial charge is 0.492 e. The monoisotopic (exact) mass is 472 g/mol. The number of hydrogen-bond donors (Lipinski definition) is 3. The summed E-state index contributed by atoms with van der Waals surface area (Å²) in [7, 11) is 1.62. The van der Waals surface area contributed by atoms with Gasteiger partial charge < -0.3 is 20.7 Å². The summed E-state index contributed by atoms with van der Waals surface area (Å²) in [5, 5.41) is 8.61. The van der Waals surface area contributed by atoms with Gasteiger partial charge in [-0.1, -0.05) is 18.2 Å². The molecule has 2 aromatic carbocycles. The van der Waals surface area contributed by atoms with Crippen molar-refractivity contribution in [2.24, 2.45) is 4.99 Å². The molecule has 0 fully saturated rings. The minimum Gasteiger partial charge on any atom is -0.492 e. The van der Waals surface area contributed by atoms with Gasteiger partial charge in [0.1, 0.15) is 18.2 Å². The number of anilines is 1. The lowest BCUT2D eigenvalue weighted by molar-refractivity contribution is -0.115. The van der Waals surface area contributed by atoms with Crippen LogP contribution in [0.15, 0.2) is 59.6 Å². The van der Waals surface area contributed by atoms with Crippen molar-refractivity contribution < 1.29 is 13.9 Å². The predicted octanol–water partition coefficient (Wildman–Crippen LogP) is 2.63. The van der Waals surface area contributed by atoms with Crippen LogP contribution in [0, 0.1) is 5.82 Å². The Balaban J connectivity index is 0.00000338. The van der Waals surface area contributed by atoms with Gasteiger partial charge in [0.2, 0.25) is 5.91 Å². The zero-order valence-electron chi connectivity index (χ0n) is 14.4. The highest BCUT2D eigenvalue weighted by molar-refractivity contribution is 14.0. The van der Waals surface area contributed by atoms with Crippen LogP contribution >= 0.6 is 24.0 Å². The molecule has 0 aliphatic carbocycles. The van der Waals surface area contributed by atoms with Gasteiger partial charge in [0.25, 0.3) is 0 Å². The van der Waals surface area contributed by atoms with Crippen LogP contribution in [0.2, 0.25) is 0 Å². The highest BCUT2D eigenvalue weighted by Gasteiger charge is 2.04. The van der Waals surface area contributed by atoms with Gasteiger partial charge in [0, 0.05) is 12.7 Å². The molecule has 0 aliphatic rings. The first-order valence-corrected chi connectivity index (χ1v) is 7.85. The lowest BCUT2D eigenvalue weighted by Gasteiger charge is -2.12. The van der Waals surface area contributed by atoms with Crippen molar-refractivity contribution in [2.45, 2.75) is 0 Å². The van der Waals surface area contributed by atoms with Crippen molar-refractivity contribution in [1.29, 1.82) is 0 Å². The highest BCUT2D eigenvalue weighted by Crippen LogP contribution is 2.08. The number of guanidine groups is 1. The summed E-state index contributed by atoms with van der Waals surface area (Å²) < 4.78 is 18.4. The highest BCUT2D eigenvalue weighted by atomic mass is 127. The molecule has 0 aliphatic heterocycles. The summed E-state index contributed by atoms with van der Waals surface area (Å²) >= 11 is 0. The third-order valence-corrected chi connectivity index (χ3v) is 3.17. The summed E-state index contributed by atoms with van der Waals surface area (Å²) in [4.78, 5) is 15.9. The van der Waals surface area contributed by atoms with Crippen LogP contribution in [0.25, 0.3) is 0 Å². The lowest BCUT2D eigenvalue weighted by Crippen LogP contribution is -2.42. The van der Waals surface area contributed by atoms with E-state index in [-0.39, 0.29) is 42.2 Å². The second-order valence-electron chi connectivity index (χ2n) is 5.07. The summed E-state index contributed by atoms with van der Waals surface area (Å²) in [6.45, 7) is 1.04. The van der Waals surface area contributed by atoms with E-state index in [1.54, 1.807) is 7.05 Å². The van der Waals surface area contributed by atoms with E-state index in [1.807, 2.05) is 30.3 Å². The summed E-state index contributed by atoms with van der Waals surface area (Å²) in [6, 6.07) is 15.1. The molecular weight excluding hydrogens is 450 g/mol. The number of nitrogens with one attached hydrogen (secondary N) is 3.